The van der Waals surface area contributed by atoms with Crippen LogP contribution in [-0.4, -0.2) is 27.3 Å². The Morgan fingerprint density at radius 1 is 0.718 bits per heavy atom. The zero-order valence-corrected chi connectivity index (χ0v) is 23.3. The number of phenolic OH excluding ortho intramolecular Hbond substituents is 2. The van der Waals surface area contributed by atoms with Gasteiger partial charge in [-0.05, 0) is 84.3 Å². The van der Waals surface area contributed by atoms with E-state index < -0.39 is 17.5 Å². The maximum Gasteiger partial charge on any atom is 0.340 e. The van der Waals surface area contributed by atoms with Crippen LogP contribution in [0, 0.1) is 0 Å². The van der Waals surface area contributed by atoms with Crippen LogP contribution in [0.25, 0.3) is 0 Å². The number of hydrogen-bond donors (Lipinski definition) is 3. The lowest BCUT2D eigenvalue weighted by Crippen LogP contribution is -2.36. The number of hydrogen-bond acceptors (Lipinski definition) is 5. The fourth-order valence-electron chi connectivity index (χ4n) is 6.27. The van der Waals surface area contributed by atoms with Gasteiger partial charge in [-0.3, -0.25) is 0 Å². The fourth-order valence-corrected chi connectivity index (χ4v) is 6.27. The van der Waals surface area contributed by atoms with Crippen LogP contribution in [0.1, 0.15) is 113 Å². The highest BCUT2D eigenvalue weighted by atomic mass is 16.6. The first kappa shape index (κ1) is 28.2. The zero-order chi connectivity index (χ0) is 28.3. The monoisotopic (exact) mass is 530 g/mol. The summed E-state index contributed by atoms with van der Waals surface area (Å²) in [5.74, 6) is -1.46. The topological polar surface area (TPSA) is 104 Å². The van der Waals surface area contributed by atoms with E-state index in [-0.39, 0.29) is 22.6 Å². The summed E-state index contributed by atoms with van der Waals surface area (Å²) in [4.78, 5) is 26.4. The molecule has 6 nitrogen and oxygen atoms in total. The molecule has 0 atom stereocenters. The molecule has 0 aliphatic carbocycles. The lowest BCUT2D eigenvalue weighted by atomic mass is 9.69. The summed E-state index contributed by atoms with van der Waals surface area (Å²) in [5.41, 5.74) is 3.74. The van der Waals surface area contributed by atoms with Crippen molar-refractivity contribution in [3.05, 3.63) is 92.5 Å². The lowest BCUT2D eigenvalue weighted by Gasteiger charge is -2.38. The minimum Gasteiger partial charge on any atom is -0.508 e. The van der Waals surface area contributed by atoms with E-state index in [4.69, 9.17) is 4.74 Å². The van der Waals surface area contributed by atoms with E-state index in [0.29, 0.717) is 31.2 Å². The van der Waals surface area contributed by atoms with Crippen molar-refractivity contribution in [2.45, 2.75) is 84.7 Å². The average molecular weight is 531 g/mol. The van der Waals surface area contributed by atoms with Crippen molar-refractivity contribution in [3.63, 3.8) is 0 Å². The van der Waals surface area contributed by atoms with Crippen LogP contribution in [0.3, 0.4) is 0 Å². The second-order valence-electron chi connectivity index (χ2n) is 10.4. The molecule has 0 saturated carbocycles. The highest BCUT2D eigenvalue weighted by molar-refractivity contribution is 6.02. The summed E-state index contributed by atoms with van der Waals surface area (Å²) in [6, 6.07) is 11.6. The number of phenols is 2. The second-order valence-corrected chi connectivity index (χ2v) is 10.4. The van der Waals surface area contributed by atoms with Gasteiger partial charge < -0.3 is 20.1 Å². The molecule has 4 rings (SSSR count). The van der Waals surface area contributed by atoms with E-state index in [1.807, 2.05) is 27.7 Å². The van der Waals surface area contributed by atoms with Crippen LogP contribution < -0.4 is 0 Å². The Labute approximate surface area is 230 Å². The Kier molecular flexibility index (Phi) is 8.34. The molecule has 206 valence electrons. The van der Waals surface area contributed by atoms with Gasteiger partial charge in [0.25, 0.3) is 0 Å². The molecule has 0 amide bonds. The molecule has 3 N–H and O–H groups in total. The molecule has 3 aromatic rings. The number of benzene rings is 3. The lowest BCUT2D eigenvalue weighted by molar-refractivity contribution is 0.0236. The van der Waals surface area contributed by atoms with Crippen LogP contribution in [0.15, 0.2) is 42.5 Å². The first-order valence-electron chi connectivity index (χ1n) is 14.0. The Hall–Kier alpha value is -3.80. The standard InChI is InChI=1S/C33H38O6/c1-5-10-20-16-24(34)17-21(11-6-2)28(20)33(29-22(12-7-3)18-25(35)19-23(29)13-8-4)30-26(31(36)37)14-9-15-27(30)32(38)39-33/h9,14-19,34-35H,5-8,10-13H2,1-4H3,(H,36,37). The van der Waals surface area contributed by atoms with Crippen molar-refractivity contribution in [1.29, 1.82) is 0 Å². The normalized spacial score (nSPS) is 13.8. The number of fused-ring (bicyclic) bond motifs is 1. The van der Waals surface area contributed by atoms with E-state index >= 15 is 0 Å². The molecule has 0 radical (unpaired) electrons. The Morgan fingerprint density at radius 3 is 1.49 bits per heavy atom. The average Bonchev–Trinajstić information content (AvgIpc) is 3.17. The molecule has 39 heavy (non-hydrogen) atoms. The predicted octanol–water partition coefficient (Wildman–Crippen LogP) is 7.07. The van der Waals surface area contributed by atoms with Crippen LogP contribution in [0.4, 0.5) is 0 Å². The van der Waals surface area contributed by atoms with E-state index in [1.54, 1.807) is 36.4 Å². The molecular formula is C33H38O6. The van der Waals surface area contributed by atoms with Gasteiger partial charge in [0.2, 0.25) is 0 Å². The van der Waals surface area contributed by atoms with Crippen molar-refractivity contribution >= 4 is 11.9 Å². The third-order valence-electron chi connectivity index (χ3n) is 7.47. The number of rotatable bonds is 11. The first-order valence-corrected chi connectivity index (χ1v) is 14.0. The Bertz CT molecular complexity index is 1280. The van der Waals surface area contributed by atoms with Gasteiger partial charge in [-0.2, -0.15) is 0 Å². The minimum atomic E-state index is -1.55. The van der Waals surface area contributed by atoms with Crippen LogP contribution in [-0.2, 0) is 36.0 Å². The quantitative estimate of drug-likeness (QED) is 0.229. The van der Waals surface area contributed by atoms with Gasteiger partial charge in [-0.25, -0.2) is 9.59 Å². The zero-order valence-electron chi connectivity index (χ0n) is 23.3. The summed E-state index contributed by atoms with van der Waals surface area (Å²) >= 11 is 0. The summed E-state index contributed by atoms with van der Waals surface area (Å²) in [6.07, 6.45) is 5.53. The highest BCUT2D eigenvalue weighted by Crippen LogP contribution is 2.54. The molecule has 1 heterocycles. The van der Waals surface area contributed by atoms with Crippen molar-refractivity contribution in [2.75, 3.05) is 0 Å². The second kappa shape index (κ2) is 11.5. The number of carboxylic acids is 1. The number of ether oxygens (including phenoxy) is 1. The van der Waals surface area contributed by atoms with E-state index in [2.05, 4.69) is 0 Å². The maximum absolute atomic E-state index is 13.7. The van der Waals surface area contributed by atoms with Gasteiger partial charge in [0.1, 0.15) is 11.5 Å². The molecule has 0 fully saturated rings. The Morgan fingerprint density at radius 2 is 1.13 bits per heavy atom. The molecule has 0 saturated heterocycles. The number of aromatic carboxylic acids is 1. The van der Waals surface area contributed by atoms with Gasteiger partial charge in [-0.15, -0.1) is 0 Å². The van der Waals surface area contributed by atoms with Crippen LogP contribution >= 0.6 is 0 Å². The van der Waals surface area contributed by atoms with E-state index in [0.717, 1.165) is 59.1 Å². The molecule has 0 aromatic heterocycles. The maximum atomic E-state index is 13.7. The van der Waals surface area contributed by atoms with Crippen LogP contribution in [0.5, 0.6) is 11.5 Å². The molecule has 0 unspecified atom stereocenters. The summed E-state index contributed by atoms with van der Waals surface area (Å²) in [5, 5.41) is 31.9. The number of carbonyl (C=O) groups is 2. The largest absolute Gasteiger partial charge is 0.508 e. The first-order chi connectivity index (χ1) is 18.7. The number of carboxylic acid groups (broad SMARTS) is 1. The molecule has 3 aromatic carbocycles. The molecule has 1 aliphatic rings. The van der Waals surface area contributed by atoms with Gasteiger partial charge in [0.15, 0.2) is 5.60 Å². The third kappa shape index (κ3) is 4.88. The van der Waals surface area contributed by atoms with Crippen molar-refractivity contribution < 1.29 is 29.6 Å². The molecular weight excluding hydrogens is 492 g/mol. The number of aryl methyl sites for hydroxylation is 4. The van der Waals surface area contributed by atoms with Gasteiger partial charge >= 0.3 is 11.9 Å². The van der Waals surface area contributed by atoms with Crippen molar-refractivity contribution in [3.8, 4) is 11.5 Å². The third-order valence-corrected chi connectivity index (χ3v) is 7.47. The Balaban J connectivity index is 2.32. The van der Waals surface area contributed by atoms with Crippen molar-refractivity contribution in [1.82, 2.24) is 0 Å². The molecule has 0 bridgehead atoms. The fraction of sp³-hybridized carbons (Fsp3) is 0.394. The SMILES string of the molecule is CCCc1cc(O)cc(CCC)c1C1(c2c(CCC)cc(O)cc2CCC)OC(=O)c2cccc(C(=O)O)c21. The molecule has 0 spiro atoms. The van der Waals surface area contributed by atoms with Crippen LogP contribution in [0.2, 0.25) is 0 Å². The smallest absolute Gasteiger partial charge is 0.340 e. The summed E-state index contributed by atoms with van der Waals surface area (Å²) < 4.78 is 6.54. The molecule has 1 aliphatic heterocycles. The van der Waals surface area contributed by atoms with Gasteiger partial charge in [0.05, 0.1) is 11.1 Å². The predicted molar refractivity (Wildman–Crippen MR) is 151 cm³/mol. The summed E-state index contributed by atoms with van der Waals surface area (Å²) in [7, 11) is 0. The highest BCUT2D eigenvalue weighted by Gasteiger charge is 2.54. The van der Waals surface area contributed by atoms with Gasteiger partial charge in [0, 0.05) is 16.7 Å². The van der Waals surface area contributed by atoms with E-state index in [1.165, 1.54) is 6.07 Å². The summed E-state index contributed by atoms with van der Waals surface area (Å²) in [6.45, 7) is 8.18. The minimum absolute atomic E-state index is 0.00861. The molecule has 6 heteroatoms. The number of aromatic hydroxyl groups is 2. The number of esters is 1. The number of cyclic esters (lactones) is 1. The van der Waals surface area contributed by atoms with Gasteiger partial charge in [-0.1, -0.05) is 59.4 Å². The van der Waals surface area contributed by atoms with Crippen molar-refractivity contribution in [2.24, 2.45) is 0 Å². The number of carbonyl (C=O) groups excluding carboxylic acids is 1. The van der Waals surface area contributed by atoms with E-state index in [9.17, 15) is 24.9 Å².